The third kappa shape index (κ3) is 2.71. The van der Waals surface area contributed by atoms with Gasteiger partial charge in [0, 0.05) is 0 Å². The molecule has 2 aliphatic rings. The number of allylic oxidation sites excluding steroid dienone is 6. The van der Waals surface area contributed by atoms with Gasteiger partial charge in [-0.3, -0.25) is 0 Å². The molecule has 1 atom stereocenters. The average molecular weight is 305 g/mol. The molecule has 0 heterocycles. The van der Waals surface area contributed by atoms with Crippen LogP contribution in [0.3, 0.4) is 0 Å². The van der Waals surface area contributed by atoms with E-state index >= 15 is 0 Å². The molecule has 0 aliphatic heterocycles. The maximum Gasteiger partial charge on any atom is 0.184 e. The molecule has 0 saturated heterocycles. The summed E-state index contributed by atoms with van der Waals surface area (Å²) in [6, 6.07) is 0. The molecule has 0 spiro atoms. The van der Waals surface area contributed by atoms with Gasteiger partial charge in [0.05, 0.1) is 5.22 Å². The standard InChI is InChI=1S/C17H28OSi2/c1-15-11-9-10-14-17(15,18-19(2,3)4)20(5,6)16-12-7-8-13-16/h7,9-13H,8,14H2,1-6H3. The van der Waals surface area contributed by atoms with Gasteiger partial charge in [-0.2, -0.15) is 0 Å². The SMILES string of the molecule is CC1=CC=CCC1(O[Si](C)(C)C)[Si](C)(C)C1=CCC=C1. The Kier molecular flexibility index (Phi) is 4.15. The molecule has 0 bridgehead atoms. The van der Waals surface area contributed by atoms with E-state index in [4.69, 9.17) is 4.43 Å². The molecule has 2 rings (SSSR count). The van der Waals surface area contributed by atoms with E-state index in [0.717, 1.165) is 12.8 Å². The van der Waals surface area contributed by atoms with Crippen LogP contribution in [0.2, 0.25) is 32.7 Å². The largest absolute Gasteiger partial charge is 0.411 e. The van der Waals surface area contributed by atoms with Crippen molar-refractivity contribution in [2.45, 2.75) is 57.7 Å². The molecule has 0 fully saturated rings. The van der Waals surface area contributed by atoms with Crippen molar-refractivity contribution in [2.24, 2.45) is 0 Å². The summed E-state index contributed by atoms with van der Waals surface area (Å²) in [6.07, 6.45) is 15.9. The van der Waals surface area contributed by atoms with Crippen LogP contribution in [0.1, 0.15) is 19.8 Å². The zero-order valence-electron chi connectivity index (χ0n) is 13.8. The first-order valence-electron chi connectivity index (χ1n) is 7.60. The fourth-order valence-corrected chi connectivity index (χ4v) is 9.97. The van der Waals surface area contributed by atoms with Crippen LogP contribution in [-0.2, 0) is 4.43 Å². The lowest BCUT2D eigenvalue weighted by Crippen LogP contribution is -2.61. The minimum Gasteiger partial charge on any atom is -0.411 e. The van der Waals surface area contributed by atoms with E-state index in [0.29, 0.717) is 0 Å². The van der Waals surface area contributed by atoms with Gasteiger partial charge in [-0.05, 0) is 45.0 Å². The molecule has 0 saturated carbocycles. The highest BCUT2D eigenvalue weighted by Crippen LogP contribution is 2.44. The topological polar surface area (TPSA) is 9.23 Å². The summed E-state index contributed by atoms with van der Waals surface area (Å²) < 4.78 is 6.86. The fourth-order valence-electron chi connectivity index (χ4n) is 3.42. The summed E-state index contributed by atoms with van der Waals surface area (Å²) in [5, 5.41) is 1.49. The predicted octanol–water partition coefficient (Wildman–Crippen LogP) is 5.16. The number of rotatable bonds is 4. The molecule has 0 amide bonds. The minimum atomic E-state index is -1.73. The molecule has 0 aromatic rings. The van der Waals surface area contributed by atoms with Gasteiger partial charge in [-0.1, -0.05) is 54.7 Å². The van der Waals surface area contributed by atoms with Crippen molar-refractivity contribution in [3.63, 3.8) is 0 Å². The van der Waals surface area contributed by atoms with Crippen LogP contribution in [0.15, 0.2) is 47.2 Å². The maximum absolute atomic E-state index is 6.86. The van der Waals surface area contributed by atoms with E-state index in [1.165, 1.54) is 5.57 Å². The first-order valence-corrected chi connectivity index (χ1v) is 14.0. The lowest BCUT2D eigenvalue weighted by Gasteiger charge is -2.50. The summed E-state index contributed by atoms with van der Waals surface area (Å²) in [4.78, 5) is 0. The van der Waals surface area contributed by atoms with Gasteiger partial charge in [0.2, 0.25) is 0 Å². The van der Waals surface area contributed by atoms with Crippen molar-refractivity contribution in [3.8, 4) is 0 Å². The first kappa shape index (κ1) is 15.7. The minimum absolute atomic E-state index is 0.0628. The van der Waals surface area contributed by atoms with E-state index in [2.05, 4.69) is 76.1 Å². The van der Waals surface area contributed by atoms with Crippen LogP contribution in [0.4, 0.5) is 0 Å². The Morgan fingerprint density at radius 3 is 2.30 bits per heavy atom. The first-order chi connectivity index (χ1) is 9.19. The molecule has 0 aromatic heterocycles. The van der Waals surface area contributed by atoms with Gasteiger partial charge in [0.15, 0.2) is 8.32 Å². The highest BCUT2D eigenvalue weighted by Gasteiger charge is 2.52. The van der Waals surface area contributed by atoms with E-state index < -0.39 is 16.4 Å². The predicted molar refractivity (Wildman–Crippen MR) is 94.0 cm³/mol. The van der Waals surface area contributed by atoms with Crippen molar-refractivity contribution >= 4 is 16.4 Å². The zero-order chi connectivity index (χ0) is 15.0. The molecule has 110 valence electrons. The quantitative estimate of drug-likeness (QED) is 0.652. The number of hydrogen-bond donors (Lipinski definition) is 0. The smallest absolute Gasteiger partial charge is 0.184 e. The summed E-state index contributed by atoms with van der Waals surface area (Å²) in [6.45, 7) is 14.1. The van der Waals surface area contributed by atoms with Gasteiger partial charge in [-0.15, -0.1) is 0 Å². The van der Waals surface area contributed by atoms with Crippen molar-refractivity contribution in [2.75, 3.05) is 0 Å². The van der Waals surface area contributed by atoms with Crippen LogP contribution < -0.4 is 0 Å². The lowest BCUT2D eigenvalue weighted by atomic mass is 10.0. The zero-order valence-corrected chi connectivity index (χ0v) is 15.8. The third-order valence-electron chi connectivity index (χ3n) is 4.51. The molecule has 3 heteroatoms. The van der Waals surface area contributed by atoms with Gasteiger partial charge in [-0.25, -0.2) is 0 Å². The monoisotopic (exact) mass is 304 g/mol. The number of hydrogen-bond acceptors (Lipinski definition) is 1. The molecule has 0 radical (unpaired) electrons. The Morgan fingerprint density at radius 1 is 1.10 bits per heavy atom. The highest BCUT2D eigenvalue weighted by molar-refractivity contribution is 6.89. The summed E-state index contributed by atoms with van der Waals surface area (Å²) in [5.41, 5.74) is 1.42. The van der Waals surface area contributed by atoms with Gasteiger partial charge < -0.3 is 4.43 Å². The molecular formula is C17H28OSi2. The second-order valence-electron chi connectivity index (χ2n) is 7.45. The molecule has 1 unspecified atom stereocenters. The van der Waals surface area contributed by atoms with E-state index in [1.807, 2.05) is 0 Å². The molecular weight excluding hydrogens is 276 g/mol. The van der Waals surface area contributed by atoms with Crippen LogP contribution in [0.25, 0.3) is 0 Å². The second kappa shape index (κ2) is 5.28. The van der Waals surface area contributed by atoms with Gasteiger partial charge in [0.1, 0.15) is 8.07 Å². The Labute approximate surface area is 126 Å². The van der Waals surface area contributed by atoms with Crippen molar-refractivity contribution < 1.29 is 4.43 Å². The van der Waals surface area contributed by atoms with Gasteiger partial charge >= 0.3 is 0 Å². The fraction of sp³-hybridized carbons (Fsp3) is 0.529. The molecule has 1 nitrogen and oxygen atoms in total. The summed E-state index contributed by atoms with van der Waals surface area (Å²) >= 11 is 0. The Morgan fingerprint density at radius 2 is 1.80 bits per heavy atom. The van der Waals surface area contributed by atoms with Crippen LogP contribution in [0.5, 0.6) is 0 Å². The van der Waals surface area contributed by atoms with Gasteiger partial charge in [0.25, 0.3) is 0 Å². The van der Waals surface area contributed by atoms with E-state index in [9.17, 15) is 0 Å². The Balaban J connectivity index is 2.49. The van der Waals surface area contributed by atoms with Crippen molar-refractivity contribution in [1.82, 2.24) is 0 Å². The lowest BCUT2D eigenvalue weighted by molar-refractivity contribution is 0.175. The van der Waals surface area contributed by atoms with E-state index in [1.54, 1.807) is 5.20 Å². The van der Waals surface area contributed by atoms with E-state index in [-0.39, 0.29) is 5.22 Å². The Bertz CT molecular complexity index is 504. The average Bonchev–Trinajstić information content (AvgIpc) is 2.84. The van der Waals surface area contributed by atoms with Crippen LogP contribution in [0, 0.1) is 0 Å². The third-order valence-corrected chi connectivity index (χ3v) is 10.2. The molecule has 0 N–H and O–H groups in total. The molecule has 0 aromatic carbocycles. The van der Waals surface area contributed by atoms with Crippen LogP contribution >= 0.6 is 0 Å². The molecule has 20 heavy (non-hydrogen) atoms. The molecule has 2 aliphatic carbocycles. The highest BCUT2D eigenvalue weighted by atomic mass is 28.4. The van der Waals surface area contributed by atoms with Crippen LogP contribution in [-0.4, -0.2) is 21.6 Å². The maximum atomic E-state index is 6.86. The second-order valence-corrected chi connectivity index (χ2v) is 16.5. The van der Waals surface area contributed by atoms with Crippen molar-refractivity contribution in [1.29, 1.82) is 0 Å². The normalized spacial score (nSPS) is 26.7. The summed E-state index contributed by atoms with van der Waals surface area (Å²) in [5.74, 6) is 0. The Hall–Kier alpha value is -0.646. The summed E-state index contributed by atoms with van der Waals surface area (Å²) in [7, 11) is -3.34. The van der Waals surface area contributed by atoms with Crippen molar-refractivity contribution in [3.05, 3.63) is 47.2 Å².